The number of esters is 1. The average Bonchev–Trinajstić information content (AvgIpc) is 2.62. The van der Waals surface area contributed by atoms with Gasteiger partial charge in [0.15, 0.2) is 5.16 Å². The van der Waals surface area contributed by atoms with E-state index in [0.717, 1.165) is 0 Å². The number of hydrogen-bond donors (Lipinski definition) is 0. The van der Waals surface area contributed by atoms with E-state index in [2.05, 4.69) is 4.98 Å². The van der Waals surface area contributed by atoms with Gasteiger partial charge < -0.3 is 4.74 Å². The van der Waals surface area contributed by atoms with Crippen LogP contribution in [0, 0.1) is 0 Å². The molecule has 122 valence electrons. The first-order chi connectivity index (χ1) is 11.6. The molecule has 6 heteroatoms. The third-order valence-electron chi connectivity index (χ3n) is 3.57. The summed E-state index contributed by atoms with van der Waals surface area (Å²) < 4.78 is 6.31. The molecular formula is C18H16N2O3S. The number of rotatable bonds is 4. The number of methoxy groups -OCH3 is 1. The van der Waals surface area contributed by atoms with Crippen molar-refractivity contribution in [3.05, 3.63) is 65.0 Å². The van der Waals surface area contributed by atoms with E-state index < -0.39 is 5.25 Å². The Morgan fingerprint density at radius 1 is 1.12 bits per heavy atom. The van der Waals surface area contributed by atoms with Crippen LogP contribution in [0.2, 0.25) is 0 Å². The van der Waals surface area contributed by atoms with Crippen LogP contribution in [-0.2, 0) is 9.53 Å². The third-order valence-corrected chi connectivity index (χ3v) is 4.61. The van der Waals surface area contributed by atoms with Gasteiger partial charge in [0.25, 0.3) is 5.56 Å². The molecule has 0 radical (unpaired) electrons. The Morgan fingerprint density at radius 2 is 1.79 bits per heavy atom. The van der Waals surface area contributed by atoms with Crippen LogP contribution in [-0.4, -0.2) is 27.9 Å². The number of carbonyl (C=O) groups is 1. The molecule has 0 fully saturated rings. The van der Waals surface area contributed by atoms with E-state index in [1.807, 2.05) is 42.5 Å². The molecule has 2 aromatic carbocycles. The molecule has 1 atom stereocenters. The number of thioether (sulfide) groups is 1. The van der Waals surface area contributed by atoms with Crippen molar-refractivity contribution in [2.75, 3.05) is 7.11 Å². The van der Waals surface area contributed by atoms with Gasteiger partial charge >= 0.3 is 5.97 Å². The van der Waals surface area contributed by atoms with E-state index in [0.29, 0.717) is 21.7 Å². The van der Waals surface area contributed by atoms with Crippen molar-refractivity contribution >= 4 is 28.6 Å². The Morgan fingerprint density at radius 3 is 2.50 bits per heavy atom. The van der Waals surface area contributed by atoms with Gasteiger partial charge in [-0.3, -0.25) is 14.2 Å². The molecule has 24 heavy (non-hydrogen) atoms. The molecule has 5 nitrogen and oxygen atoms in total. The Hall–Kier alpha value is -2.60. The first-order valence-electron chi connectivity index (χ1n) is 7.43. The second-order valence-electron chi connectivity index (χ2n) is 5.17. The molecule has 1 heterocycles. The predicted molar refractivity (Wildman–Crippen MR) is 94.7 cm³/mol. The third kappa shape index (κ3) is 3.05. The van der Waals surface area contributed by atoms with Crippen molar-refractivity contribution in [2.45, 2.75) is 17.3 Å². The highest BCUT2D eigenvalue weighted by Gasteiger charge is 2.20. The van der Waals surface area contributed by atoms with Crippen molar-refractivity contribution in [3.63, 3.8) is 0 Å². The lowest BCUT2D eigenvalue weighted by molar-refractivity contribution is -0.139. The van der Waals surface area contributed by atoms with Crippen LogP contribution < -0.4 is 5.56 Å². The monoisotopic (exact) mass is 340 g/mol. The van der Waals surface area contributed by atoms with E-state index in [4.69, 9.17) is 4.74 Å². The molecule has 0 bridgehead atoms. The standard InChI is InChI=1S/C18H16N2O3S/c1-12(17(22)23-2)24-18-19-15-11-7-6-10-14(15)16(21)20(18)13-8-4-3-5-9-13/h3-12H,1-2H3/t12-/m1/s1. The summed E-state index contributed by atoms with van der Waals surface area (Å²) in [5.41, 5.74) is 1.15. The Kier molecular flexibility index (Phi) is 4.66. The van der Waals surface area contributed by atoms with Gasteiger partial charge in [0.05, 0.1) is 23.7 Å². The van der Waals surface area contributed by atoms with Gasteiger partial charge in [0.1, 0.15) is 5.25 Å². The second-order valence-corrected chi connectivity index (χ2v) is 6.48. The largest absolute Gasteiger partial charge is 0.468 e. The highest BCUT2D eigenvalue weighted by molar-refractivity contribution is 8.00. The fourth-order valence-corrected chi connectivity index (χ4v) is 3.32. The van der Waals surface area contributed by atoms with Gasteiger partial charge in [0, 0.05) is 0 Å². The van der Waals surface area contributed by atoms with Crippen LogP contribution in [0.15, 0.2) is 64.5 Å². The smallest absolute Gasteiger partial charge is 0.318 e. The number of para-hydroxylation sites is 2. The Bertz CT molecular complexity index is 938. The maximum atomic E-state index is 13.0. The lowest BCUT2D eigenvalue weighted by Gasteiger charge is -2.15. The summed E-state index contributed by atoms with van der Waals surface area (Å²) in [7, 11) is 1.34. The van der Waals surface area contributed by atoms with Gasteiger partial charge in [-0.15, -0.1) is 0 Å². The number of aromatic nitrogens is 2. The van der Waals surface area contributed by atoms with Crippen LogP contribution in [0.4, 0.5) is 0 Å². The topological polar surface area (TPSA) is 61.2 Å². The molecule has 0 saturated heterocycles. The maximum absolute atomic E-state index is 13.0. The van der Waals surface area contributed by atoms with Crippen LogP contribution >= 0.6 is 11.8 Å². The summed E-state index contributed by atoms with van der Waals surface area (Å²) in [6, 6.07) is 16.5. The summed E-state index contributed by atoms with van der Waals surface area (Å²) in [4.78, 5) is 29.3. The number of carbonyl (C=O) groups excluding carboxylic acids is 1. The van der Waals surface area contributed by atoms with Gasteiger partial charge in [-0.25, -0.2) is 4.98 Å². The summed E-state index contributed by atoms with van der Waals surface area (Å²) in [5, 5.41) is 0.525. The van der Waals surface area contributed by atoms with Gasteiger partial charge in [-0.1, -0.05) is 42.1 Å². The molecule has 0 aliphatic rings. The number of fused-ring (bicyclic) bond motifs is 1. The summed E-state index contributed by atoms with van der Waals surface area (Å²) in [5.74, 6) is -0.359. The Labute approximate surface area is 143 Å². The zero-order valence-corrected chi connectivity index (χ0v) is 14.1. The highest BCUT2D eigenvalue weighted by Crippen LogP contribution is 2.25. The van der Waals surface area contributed by atoms with E-state index in [1.165, 1.54) is 23.4 Å². The SMILES string of the molecule is COC(=O)[C@@H](C)Sc1nc2ccccc2c(=O)n1-c1ccccc1. The lowest BCUT2D eigenvalue weighted by atomic mass is 10.2. The highest BCUT2D eigenvalue weighted by atomic mass is 32.2. The minimum absolute atomic E-state index is 0.161. The van der Waals surface area contributed by atoms with E-state index >= 15 is 0 Å². The number of ether oxygens (including phenoxy) is 1. The van der Waals surface area contributed by atoms with E-state index in [9.17, 15) is 9.59 Å². The number of nitrogens with zero attached hydrogens (tertiary/aromatic N) is 2. The fourth-order valence-electron chi connectivity index (χ4n) is 2.37. The van der Waals surface area contributed by atoms with Crippen molar-refractivity contribution < 1.29 is 9.53 Å². The van der Waals surface area contributed by atoms with E-state index in [-0.39, 0.29) is 11.5 Å². The average molecular weight is 340 g/mol. The summed E-state index contributed by atoms with van der Waals surface area (Å²) in [6.07, 6.45) is 0. The quantitative estimate of drug-likeness (QED) is 0.415. The van der Waals surface area contributed by atoms with Crippen molar-refractivity contribution in [1.29, 1.82) is 0 Å². The zero-order chi connectivity index (χ0) is 17.1. The lowest BCUT2D eigenvalue weighted by Crippen LogP contribution is -2.24. The predicted octanol–water partition coefficient (Wildman–Crippen LogP) is 3.04. The van der Waals surface area contributed by atoms with Crippen molar-refractivity contribution in [3.8, 4) is 5.69 Å². The first kappa shape index (κ1) is 16.3. The molecule has 0 unspecified atom stereocenters. The van der Waals surface area contributed by atoms with Crippen molar-refractivity contribution in [1.82, 2.24) is 9.55 Å². The molecule has 0 amide bonds. The molecule has 0 N–H and O–H groups in total. The van der Waals surface area contributed by atoms with Gasteiger partial charge in [-0.2, -0.15) is 0 Å². The second kappa shape index (κ2) is 6.88. The molecule has 0 aliphatic heterocycles. The zero-order valence-electron chi connectivity index (χ0n) is 13.3. The molecule has 0 saturated carbocycles. The number of hydrogen-bond acceptors (Lipinski definition) is 5. The number of benzene rings is 2. The van der Waals surface area contributed by atoms with Crippen LogP contribution in [0.25, 0.3) is 16.6 Å². The van der Waals surface area contributed by atoms with Crippen LogP contribution in [0.3, 0.4) is 0 Å². The van der Waals surface area contributed by atoms with Crippen molar-refractivity contribution in [2.24, 2.45) is 0 Å². The molecule has 0 aliphatic carbocycles. The first-order valence-corrected chi connectivity index (χ1v) is 8.31. The van der Waals surface area contributed by atoms with Crippen LogP contribution in [0.5, 0.6) is 0 Å². The molecule has 0 spiro atoms. The molecule has 3 rings (SSSR count). The van der Waals surface area contributed by atoms with Gasteiger partial charge in [0.2, 0.25) is 0 Å². The summed E-state index contributed by atoms with van der Waals surface area (Å²) in [6.45, 7) is 1.73. The summed E-state index contributed by atoms with van der Waals surface area (Å²) >= 11 is 1.20. The molecular weight excluding hydrogens is 324 g/mol. The molecule has 3 aromatic rings. The molecule has 1 aromatic heterocycles. The van der Waals surface area contributed by atoms with E-state index in [1.54, 1.807) is 19.1 Å². The minimum Gasteiger partial charge on any atom is -0.468 e. The minimum atomic E-state index is -0.474. The van der Waals surface area contributed by atoms with Crippen LogP contribution in [0.1, 0.15) is 6.92 Å². The van der Waals surface area contributed by atoms with Gasteiger partial charge in [-0.05, 0) is 31.2 Å². The normalized spacial score (nSPS) is 12.1. The Balaban J connectivity index is 2.22. The maximum Gasteiger partial charge on any atom is 0.318 e. The fraction of sp³-hybridized carbons (Fsp3) is 0.167.